The van der Waals surface area contributed by atoms with Gasteiger partial charge >= 0.3 is 0 Å². The van der Waals surface area contributed by atoms with Crippen molar-refractivity contribution in [3.05, 3.63) is 16.3 Å². The third-order valence-corrected chi connectivity index (χ3v) is 7.39. The van der Waals surface area contributed by atoms with Crippen LogP contribution < -0.4 is 10.0 Å². The van der Waals surface area contributed by atoms with E-state index in [-0.39, 0.29) is 0 Å². The number of sulfonamides is 1. The van der Waals surface area contributed by atoms with Gasteiger partial charge in [0.25, 0.3) is 0 Å². The molecule has 112 valence electrons. The molecule has 3 rings (SSSR count). The first kappa shape index (κ1) is 14.8. The van der Waals surface area contributed by atoms with Gasteiger partial charge in [-0.05, 0) is 42.8 Å². The molecule has 0 bridgehead atoms. The average molecular weight is 333 g/mol. The van der Waals surface area contributed by atoms with Gasteiger partial charge in [-0.15, -0.1) is 11.3 Å². The van der Waals surface area contributed by atoms with Crippen LogP contribution in [0.25, 0.3) is 0 Å². The SMILES string of the molecule is O=S(=O)(NCC1CCSC1)c1csc(CNC2CC2)c1. The molecule has 0 spiro atoms. The summed E-state index contributed by atoms with van der Waals surface area (Å²) >= 11 is 3.43. The van der Waals surface area contributed by atoms with E-state index in [9.17, 15) is 8.42 Å². The van der Waals surface area contributed by atoms with Crippen molar-refractivity contribution in [1.82, 2.24) is 10.0 Å². The summed E-state index contributed by atoms with van der Waals surface area (Å²) in [5.41, 5.74) is 0. The normalized spacial score (nSPS) is 23.3. The van der Waals surface area contributed by atoms with E-state index in [4.69, 9.17) is 0 Å². The van der Waals surface area contributed by atoms with Crippen molar-refractivity contribution >= 4 is 33.1 Å². The molecule has 1 aromatic rings. The standard InChI is InChI=1S/C13H20N2O2S3/c16-20(17,15-6-10-3-4-18-8-10)13-5-12(19-9-13)7-14-11-1-2-11/h5,9-11,14-15H,1-4,6-8H2. The maximum atomic E-state index is 12.2. The van der Waals surface area contributed by atoms with Crippen LogP contribution >= 0.6 is 23.1 Å². The van der Waals surface area contributed by atoms with Crippen molar-refractivity contribution in [1.29, 1.82) is 0 Å². The molecule has 1 unspecified atom stereocenters. The van der Waals surface area contributed by atoms with Crippen LogP contribution in [-0.4, -0.2) is 32.5 Å². The van der Waals surface area contributed by atoms with Crippen LogP contribution in [0.2, 0.25) is 0 Å². The Balaban J connectivity index is 1.55. The summed E-state index contributed by atoms with van der Waals surface area (Å²) in [5.74, 6) is 2.72. The first-order chi connectivity index (χ1) is 9.63. The largest absolute Gasteiger partial charge is 0.309 e. The van der Waals surface area contributed by atoms with E-state index in [0.717, 1.165) is 29.3 Å². The molecule has 4 nitrogen and oxygen atoms in total. The van der Waals surface area contributed by atoms with Gasteiger partial charge in [-0.3, -0.25) is 0 Å². The number of hydrogen-bond acceptors (Lipinski definition) is 5. The third-order valence-electron chi connectivity index (χ3n) is 3.67. The van der Waals surface area contributed by atoms with Gasteiger partial charge in [0.05, 0.1) is 4.90 Å². The Morgan fingerprint density at radius 1 is 1.30 bits per heavy atom. The highest BCUT2D eigenvalue weighted by atomic mass is 32.2. The Kier molecular flexibility index (Phi) is 4.72. The van der Waals surface area contributed by atoms with Crippen LogP contribution in [0.1, 0.15) is 24.1 Å². The van der Waals surface area contributed by atoms with Gasteiger partial charge in [0.2, 0.25) is 10.0 Å². The molecule has 1 saturated carbocycles. The molecule has 2 aliphatic rings. The summed E-state index contributed by atoms with van der Waals surface area (Å²) in [6.45, 7) is 1.35. The first-order valence-corrected chi connectivity index (χ1v) is 10.5. The quantitative estimate of drug-likeness (QED) is 0.802. The third kappa shape index (κ3) is 3.98. The Morgan fingerprint density at radius 3 is 2.85 bits per heavy atom. The van der Waals surface area contributed by atoms with Gasteiger partial charge in [-0.25, -0.2) is 13.1 Å². The number of hydrogen-bond donors (Lipinski definition) is 2. The van der Waals surface area contributed by atoms with E-state index in [2.05, 4.69) is 10.0 Å². The van der Waals surface area contributed by atoms with E-state index >= 15 is 0 Å². The second-order valence-electron chi connectivity index (χ2n) is 5.49. The minimum atomic E-state index is -3.33. The lowest BCUT2D eigenvalue weighted by Crippen LogP contribution is -2.29. The van der Waals surface area contributed by atoms with Crippen molar-refractivity contribution in [2.75, 3.05) is 18.1 Å². The second kappa shape index (κ2) is 6.36. The van der Waals surface area contributed by atoms with Gasteiger partial charge in [0.15, 0.2) is 0 Å². The zero-order chi connectivity index (χ0) is 14.0. The fourth-order valence-electron chi connectivity index (χ4n) is 2.18. The Bertz CT molecular complexity index is 546. The lowest BCUT2D eigenvalue weighted by atomic mass is 10.1. The van der Waals surface area contributed by atoms with E-state index < -0.39 is 10.0 Å². The molecule has 0 aromatic carbocycles. The number of rotatable bonds is 7. The van der Waals surface area contributed by atoms with E-state index in [0.29, 0.717) is 23.4 Å². The summed E-state index contributed by atoms with van der Waals surface area (Å²) in [6.07, 6.45) is 3.61. The summed E-state index contributed by atoms with van der Waals surface area (Å²) < 4.78 is 27.2. The molecule has 2 heterocycles. The number of thiophene rings is 1. The minimum Gasteiger partial charge on any atom is -0.309 e. The van der Waals surface area contributed by atoms with Crippen LogP contribution in [0.3, 0.4) is 0 Å². The van der Waals surface area contributed by atoms with Gasteiger partial charge < -0.3 is 5.32 Å². The molecule has 1 aliphatic carbocycles. The smallest absolute Gasteiger partial charge is 0.241 e. The lowest BCUT2D eigenvalue weighted by molar-refractivity contribution is 0.546. The fourth-order valence-corrected chi connectivity index (χ4v) is 5.81. The molecule has 1 saturated heterocycles. The van der Waals surface area contributed by atoms with Crippen molar-refractivity contribution in [3.63, 3.8) is 0 Å². The number of thioether (sulfide) groups is 1. The Hall–Kier alpha value is -0.0800. The topological polar surface area (TPSA) is 58.2 Å². The Morgan fingerprint density at radius 2 is 2.15 bits per heavy atom. The van der Waals surface area contributed by atoms with Gasteiger partial charge in [0.1, 0.15) is 0 Å². The molecule has 20 heavy (non-hydrogen) atoms. The molecule has 1 aromatic heterocycles. The molecular formula is C13H20N2O2S3. The maximum absolute atomic E-state index is 12.2. The van der Waals surface area contributed by atoms with E-state index in [1.54, 1.807) is 11.4 Å². The maximum Gasteiger partial charge on any atom is 0.241 e. The van der Waals surface area contributed by atoms with Crippen LogP contribution in [-0.2, 0) is 16.6 Å². The predicted octanol–water partition coefficient (Wildman–Crippen LogP) is 2.03. The fraction of sp³-hybridized carbons (Fsp3) is 0.692. The molecule has 2 N–H and O–H groups in total. The van der Waals surface area contributed by atoms with Crippen molar-refractivity contribution in [2.45, 2.75) is 36.7 Å². The summed E-state index contributed by atoms with van der Waals surface area (Å²) in [5, 5.41) is 5.15. The van der Waals surface area contributed by atoms with Crippen LogP contribution in [0.4, 0.5) is 0 Å². The molecule has 1 atom stereocenters. The first-order valence-electron chi connectivity index (χ1n) is 7.02. The molecule has 0 amide bonds. The van der Waals surface area contributed by atoms with Gasteiger partial charge in [-0.1, -0.05) is 0 Å². The van der Waals surface area contributed by atoms with Crippen LogP contribution in [0.5, 0.6) is 0 Å². The van der Waals surface area contributed by atoms with Gasteiger partial charge in [0, 0.05) is 29.4 Å². The highest BCUT2D eigenvalue weighted by molar-refractivity contribution is 7.99. The number of nitrogens with one attached hydrogen (secondary N) is 2. The Labute approximate surface area is 128 Å². The summed E-state index contributed by atoms with van der Waals surface area (Å²) in [4.78, 5) is 1.51. The molecule has 0 radical (unpaired) electrons. The summed E-state index contributed by atoms with van der Waals surface area (Å²) in [6, 6.07) is 2.45. The molecule has 1 aliphatic heterocycles. The van der Waals surface area contributed by atoms with E-state index in [1.807, 2.05) is 11.8 Å². The zero-order valence-electron chi connectivity index (χ0n) is 11.3. The average Bonchev–Trinajstić information content (AvgIpc) is 2.94. The lowest BCUT2D eigenvalue weighted by Gasteiger charge is -2.09. The highest BCUT2D eigenvalue weighted by Crippen LogP contribution is 2.25. The highest BCUT2D eigenvalue weighted by Gasteiger charge is 2.22. The van der Waals surface area contributed by atoms with Crippen molar-refractivity contribution in [2.24, 2.45) is 5.92 Å². The predicted molar refractivity (Wildman–Crippen MR) is 84.8 cm³/mol. The van der Waals surface area contributed by atoms with Crippen LogP contribution in [0, 0.1) is 5.92 Å². The zero-order valence-corrected chi connectivity index (χ0v) is 13.7. The van der Waals surface area contributed by atoms with Gasteiger partial charge in [-0.2, -0.15) is 11.8 Å². The summed E-state index contributed by atoms with van der Waals surface area (Å²) in [7, 11) is -3.33. The molecule has 2 fully saturated rings. The van der Waals surface area contributed by atoms with Crippen LogP contribution in [0.15, 0.2) is 16.3 Å². The second-order valence-corrected chi connectivity index (χ2v) is 9.40. The monoisotopic (exact) mass is 332 g/mol. The van der Waals surface area contributed by atoms with Crippen molar-refractivity contribution in [3.8, 4) is 0 Å². The minimum absolute atomic E-state index is 0.417. The molecular weight excluding hydrogens is 312 g/mol. The van der Waals surface area contributed by atoms with Crippen molar-refractivity contribution < 1.29 is 8.42 Å². The molecule has 7 heteroatoms. The van der Waals surface area contributed by atoms with E-state index in [1.165, 1.54) is 24.2 Å².